The van der Waals surface area contributed by atoms with E-state index in [1.807, 2.05) is 0 Å². The first-order valence-electron chi connectivity index (χ1n) is 7.89. The van der Waals surface area contributed by atoms with Gasteiger partial charge in [-0.15, -0.1) is 12.4 Å². The van der Waals surface area contributed by atoms with Crippen LogP contribution in [0.4, 0.5) is 5.69 Å². The van der Waals surface area contributed by atoms with Crippen LogP contribution >= 0.6 is 12.4 Å². The highest BCUT2D eigenvalue weighted by Gasteiger charge is 2.30. The van der Waals surface area contributed by atoms with E-state index in [4.69, 9.17) is 10.5 Å². The number of para-hydroxylation sites is 1. The van der Waals surface area contributed by atoms with Crippen molar-refractivity contribution in [3.05, 3.63) is 36.7 Å². The Hall–Kier alpha value is -1.94. The van der Waals surface area contributed by atoms with Gasteiger partial charge in [0.1, 0.15) is 6.10 Å². The number of nitrogens with zero attached hydrogens (tertiary/aromatic N) is 2. The Balaban J connectivity index is 0.00000243. The Morgan fingerprint density at radius 2 is 2.12 bits per heavy atom. The second kappa shape index (κ2) is 8.17. The summed E-state index contributed by atoms with van der Waals surface area (Å²) < 4.78 is 30.8. The molecule has 1 aliphatic heterocycles. The third-order valence-electron chi connectivity index (χ3n) is 4.02. The zero-order valence-electron chi connectivity index (χ0n) is 14.2. The van der Waals surface area contributed by atoms with Gasteiger partial charge in [-0.25, -0.2) is 13.1 Å². The quantitative estimate of drug-likeness (QED) is 0.777. The van der Waals surface area contributed by atoms with E-state index in [-0.39, 0.29) is 29.3 Å². The summed E-state index contributed by atoms with van der Waals surface area (Å²) in [6, 6.07) is 6.55. The highest BCUT2D eigenvalue weighted by molar-refractivity contribution is 7.90. The summed E-state index contributed by atoms with van der Waals surface area (Å²) in [5.41, 5.74) is 6.43. The number of sulfone groups is 1. The van der Waals surface area contributed by atoms with Crippen LogP contribution in [-0.2, 0) is 19.4 Å². The summed E-state index contributed by atoms with van der Waals surface area (Å²) in [6.45, 7) is 0.393. The molecule has 26 heavy (non-hydrogen) atoms. The van der Waals surface area contributed by atoms with Gasteiger partial charge in [0, 0.05) is 12.8 Å². The van der Waals surface area contributed by atoms with Gasteiger partial charge < -0.3 is 15.8 Å². The van der Waals surface area contributed by atoms with Gasteiger partial charge in [-0.3, -0.25) is 4.79 Å². The molecule has 1 fully saturated rings. The summed E-state index contributed by atoms with van der Waals surface area (Å²) in [5, 5.41) is 6.89. The molecule has 2 atom stereocenters. The third-order valence-corrected chi connectivity index (χ3v) is 5.17. The Morgan fingerprint density at radius 3 is 2.77 bits per heavy atom. The van der Waals surface area contributed by atoms with E-state index in [9.17, 15) is 13.2 Å². The van der Waals surface area contributed by atoms with Crippen LogP contribution in [0.3, 0.4) is 0 Å². The first kappa shape index (κ1) is 20.4. The summed E-state index contributed by atoms with van der Waals surface area (Å²) in [6.07, 6.45) is 4.95. The SMILES string of the molecule is CS(=O)(=O)c1ccccc1-n1cc(NC(=O)[C@@H]2CC[C@H](CN)O2)cn1.Cl. The molecule has 1 amide bonds. The maximum absolute atomic E-state index is 12.2. The highest BCUT2D eigenvalue weighted by Crippen LogP contribution is 2.22. The number of hydrogen-bond acceptors (Lipinski definition) is 6. The molecule has 1 aromatic heterocycles. The van der Waals surface area contributed by atoms with Crippen LogP contribution in [0.2, 0.25) is 0 Å². The third kappa shape index (κ3) is 4.42. The maximum Gasteiger partial charge on any atom is 0.253 e. The lowest BCUT2D eigenvalue weighted by Gasteiger charge is -2.11. The monoisotopic (exact) mass is 400 g/mol. The molecule has 0 aliphatic carbocycles. The minimum atomic E-state index is -3.40. The van der Waals surface area contributed by atoms with Crippen molar-refractivity contribution in [2.75, 3.05) is 18.1 Å². The maximum atomic E-state index is 12.2. The summed E-state index contributed by atoms with van der Waals surface area (Å²) in [4.78, 5) is 12.4. The molecule has 1 aromatic carbocycles. The number of carbonyl (C=O) groups excluding carboxylic acids is 1. The number of halogens is 1. The minimum Gasteiger partial charge on any atom is -0.364 e. The average molecular weight is 401 g/mol. The van der Waals surface area contributed by atoms with E-state index in [1.165, 1.54) is 16.9 Å². The Morgan fingerprint density at radius 1 is 1.38 bits per heavy atom. The van der Waals surface area contributed by atoms with Gasteiger partial charge in [0.05, 0.1) is 34.8 Å². The second-order valence-electron chi connectivity index (χ2n) is 5.96. The number of benzene rings is 1. The van der Waals surface area contributed by atoms with Crippen molar-refractivity contribution in [1.82, 2.24) is 9.78 Å². The van der Waals surface area contributed by atoms with Gasteiger partial charge in [0.2, 0.25) is 0 Å². The van der Waals surface area contributed by atoms with E-state index < -0.39 is 15.9 Å². The minimum absolute atomic E-state index is 0. The molecule has 3 N–H and O–H groups in total. The molecule has 8 nitrogen and oxygen atoms in total. The number of amides is 1. The number of nitrogens with two attached hydrogens (primary N) is 1. The molecular weight excluding hydrogens is 380 g/mol. The number of anilines is 1. The van der Waals surface area contributed by atoms with Crippen molar-refractivity contribution in [2.45, 2.75) is 29.9 Å². The smallest absolute Gasteiger partial charge is 0.253 e. The summed E-state index contributed by atoms with van der Waals surface area (Å²) >= 11 is 0. The average Bonchev–Trinajstić information content (AvgIpc) is 3.23. The molecule has 0 spiro atoms. The van der Waals surface area contributed by atoms with Crippen molar-refractivity contribution in [3.8, 4) is 5.69 Å². The van der Waals surface area contributed by atoms with Crippen molar-refractivity contribution in [2.24, 2.45) is 5.73 Å². The first-order chi connectivity index (χ1) is 11.9. The lowest BCUT2D eigenvalue weighted by Crippen LogP contribution is -2.29. The van der Waals surface area contributed by atoms with E-state index in [2.05, 4.69) is 10.4 Å². The number of ether oxygens (including phenoxy) is 1. The first-order valence-corrected chi connectivity index (χ1v) is 9.78. The second-order valence-corrected chi connectivity index (χ2v) is 7.95. The Kier molecular flexibility index (Phi) is 6.40. The van der Waals surface area contributed by atoms with E-state index in [1.54, 1.807) is 24.4 Å². The molecule has 3 rings (SSSR count). The van der Waals surface area contributed by atoms with Crippen LogP contribution in [0.5, 0.6) is 0 Å². The van der Waals surface area contributed by atoms with Gasteiger partial charge in [-0.05, 0) is 25.0 Å². The van der Waals surface area contributed by atoms with Crippen LogP contribution in [-0.4, -0.2) is 49.1 Å². The fraction of sp³-hybridized carbons (Fsp3) is 0.375. The molecule has 1 aliphatic rings. The molecule has 0 unspecified atom stereocenters. The van der Waals surface area contributed by atoms with Gasteiger partial charge >= 0.3 is 0 Å². The predicted octanol–water partition coefficient (Wildman–Crippen LogP) is 1.14. The fourth-order valence-electron chi connectivity index (χ4n) is 2.77. The normalized spacial score (nSPS) is 19.8. The molecule has 142 valence electrons. The van der Waals surface area contributed by atoms with Crippen molar-refractivity contribution < 1.29 is 17.9 Å². The molecule has 0 saturated carbocycles. The standard InChI is InChI=1S/C16H20N4O4S.ClH/c1-25(22,23)15-5-3-2-4-13(15)20-10-11(9-18-20)19-16(21)14-7-6-12(8-17)24-14;/h2-5,9-10,12,14H,6-8,17H2,1H3,(H,19,21);1H/t12-,14+;/m1./s1. The molecule has 0 bridgehead atoms. The van der Waals surface area contributed by atoms with E-state index in [0.717, 1.165) is 12.7 Å². The van der Waals surface area contributed by atoms with Gasteiger partial charge in [-0.2, -0.15) is 5.10 Å². The van der Waals surface area contributed by atoms with Gasteiger partial charge in [0.25, 0.3) is 5.91 Å². The van der Waals surface area contributed by atoms with Crippen LogP contribution < -0.4 is 11.1 Å². The zero-order valence-corrected chi connectivity index (χ0v) is 15.8. The topological polar surface area (TPSA) is 116 Å². The molecule has 2 aromatic rings. The van der Waals surface area contributed by atoms with Gasteiger partial charge in [-0.1, -0.05) is 12.1 Å². The number of carbonyl (C=O) groups is 1. The summed E-state index contributed by atoms with van der Waals surface area (Å²) in [5.74, 6) is -0.258. The van der Waals surface area contributed by atoms with E-state index >= 15 is 0 Å². The zero-order chi connectivity index (χ0) is 18.0. The largest absolute Gasteiger partial charge is 0.364 e. The number of rotatable bonds is 5. The molecule has 1 saturated heterocycles. The van der Waals surface area contributed by atoms with Crippen LogP contribution in [0.15, 0.2) is 41.6 Å². The Bertz CT molecular complexity index is 884. The lowest BCUT2D eigenvalue weighted by atomic mass is 10.2. The fourth-order valence-corrected chi connectivity index (χ4v) is 3.64. The van der Waals surface area contributed by atoms with Crippen molar-refractivity contribution in [1.29, 1.82) is 0 Å². The molecular formula is C16H21ClN4O4S. The number of aromatic nitrogens is 2. The lowest BCUT2D eigenvalue weighted by molar-refractivity contribution is -0.126. The predicted molar refractivity (Wildman–Crippen MR) is 99.5 cm³/mol. The van der Waals surface area contributed by atoms with Crippen LogP contribution in [0.1, 0.15) is 12.8 Å². The number of nitrogens with one attached hydrogen (secondary N) is 1. The van der Waals surface area contributed by atoms with Crippen LogP contribution in [0.25, 0.3) is 5.69 Å². The van der Waals surface area contributed by atoms with Crippen molar-refractivity contribution in [3.63, 3.8) is 0 Å². The molecule has 2 heterocycles. The molecule has 0 radical (unpaired) electrons. The van der Waals surface area contributed by atoms with Crippen molar-refractivity contribution >= 4 is 33.8 Å². The van der Waals surface area contributed by atoms with E-state index in [0.29, 0.717) is 24.3 Å². The Labute approximate surface area is 158 Å². The highest BCUT2D eigenvalue weighted by atomic mass is 35.5. The number of hydrogen-bond donors (Lipinski definition) is 2. The molecule has 10 heteroatoms. The van der Waals surface area contributed by atoms with Crippen LogP contribution in [0, 0.1) is 0 Å². The summed E-state index contributed by atoms with van der Waals surface area (Å²) in [7, 11) is -3.40. The van der Waals surface area contributed by atoms with Gasteiger partial charge in [0.15, 0.2) is 9.84 Å².